The molecule has 4 nitrogen and oxygen atoms in total. The second-order valence-corrected chi connectivity index (χ2v) is 5.60. The summed E-state index contributed by atoms with van der Waals surface area (Å²) in [5.41, 5.74) is 0.916. The number of hydrogen-bond acceptors (Lipinski definition) is 3. The van der Waals surface area contributed by atoms with Gasteiger partial charge in [-0.2, -0.15) is 0 Å². The fourth-order valence-electron chi connectivity index (χ4n) is 1.40. The number of nitrogens with one attached hydrogen (secondary N) is 1. The Balaban J connectivity index is 3.12. The van der Waals surface area contributed by atoms with E-state index >= 15 is 0 Å². The van der Waals surface area contributed by atoms with Crippen molar-refractivity contribution in [3.63, 3.8) is 0 Å². The van der Waals surface area contributed by atoms with Crippen molar-refractivity contribution in [3.8, 4) is 0 Å². The fraction of sp³-hybridized carbons (Fsp3) is 0.250. The van der Waals surface area contributed by atoms with Crippen LogP contribution in [0.4, 0.5) is 0 Å². The van der Waals surface area contributed by atoms with Crippen molar-refractivity contribution in [3.05, 3.63) is 48.0 Å². The van der Waals surface area contributed by atoms with Gasteiger partial charge in [0, 0.05) is 5.57 Å². The van der Waals surface area contributed by atoms with E-state index in [4.69, 9.17) is 0 Å². The zero-order valence-corrected chi connectivity index (χ0v) is 10.6. The number of hydrogen-bond donors (Lipinski definition) is 1. The van der Waals surface area contributed by atoms with Crippen molar-refractivity contribution < 1.29 is 13.2 Å². The Bertz CT molecular complexity index is 520. The van der Waals surface area contributed by atoms with Crippen LogP contribution in [0, 0.1) is 0 Å². The molecule has 0 unspecified atom stereocenters. The second-order valence-electron chi connectivity index (χ2n) is 3.82. The van der Waals surface area contributed by atoms with Gasteiger partial charge in [-0.25, -0.2) is 13.1 Å². The lowest BCUT2D eigenvalue weighted by atomic mass is 9.98. The molecule has 1 N–H and O–H groups in total. The number of carbonyl (C=O) groups excluding carboxylic acids is 1. The molecule has 0 heterocycles. The van der Waals surface area contributed by atoms with Crippen LogP contribution in [0.3, 0.4) is 0 Å². The number of sulfonamides is 1. The highest BCUT2D eigenvalue weighted by atomic mass is 32.2. The van der Waals surface area contributed by atoms with Crippen molar-refractivity contribution >= 4 is 15.8 Å². The van der Waals surface area contributed by atoms with Gasteiger partial charge in [-0.15, -0.1) is 0 Å². The molecule has 0 saturated carbocycles. The molecule has 92 valence electrons. The van der Waals surface area contributed by atoms with E-state index < -0.39 is 16.1 Å². The Morgan fingerprint density at radius 3 is 2.24 bits per heavy atom. The van der Waals surface area contributed by atoms with Gasteiger partial charge in [0.15, 0.2) is 5.78 Å². The van der Waals surface area contributed by atoms with Crippen molar-refractivity contribution in [1.29, 1.82) is 0 Å². The number of rotatable bonds is 5. The van der Waals surface area contributed by atoms with Gasteiger partial charge in [0.05, 0.1) is 12.3 Å². The molecule has 1 aromatic rings. The summed E-state index contributed by atoms with van der Waals surface area (Å²) < 4.78 is 25.0. The minimum absolute atomic E-state index is 0.224. The van der Waals surface area contributed by atoms with Gasteiger partial charge in [-0.1, -0.05) is 36.9 Å². The molecule has 0 fully saturated rings. The Morgan fingerprint density at radius 1 is 1.29 bits per heavy atom. The molecule has 0 amide bonds. The lowest BCUT2D eigenvalue weighted by molar-refractivity contribution is -0.113. The zero-order chi connectivity index (χ0) is 13.1. The summed E-state index contributed by atoms with van der Waals surface area (Å²) in [6.45, 7) is 5.00. The first-order chi connectivity index (χ1) is 7.81. The SMILES string of the molecule is C=C(C(C)=O)[C@@H](NS(C)(=O)=O)c1ccccc1. The summed E-state index contributed by atoms with van der Waals surface area (Å²) in [6, 6.07) is 8.16. The second kappa shape index (κ2) is 5.25. The Labute approximate surface area is 101 Å². The highest BCUT2D eigenvalue weighted by molar-refractivity contribution is 7.88. The molecular weight excluding hydrogens is 238 g/mol. The van der Waals surface area contributed by atoms with Gasteiger partial charge >= 0.3 is 0 Å². The molecular formula is C12H15NO3S. The minimum atomic E-state index is -3.41. The van der Waals surface area contributed by atoms with Crippen molar-refractivity contribution in [2.45, 2.75) is 13.0 Å². The van der Waals surface area contributed by atoms with E-state index in [2.05, 4.69) is 11.3 Å². The van der Waals surface area contributed by atoms with E-state index in [1.807, 2.05) is 6.07 Å². The third-order valence-corrected chi connectivity index (χ3v) is 2.93. The number of benzene rings is 1. The Morgan fingerprint density at radius 2 is 1.82 bits per heavy atom. The summed E-state index contributed by atoms with van der Waals surface area (Å²) in [5, 5.41) is 0. The third-order valence-electron chi connectivity index (χ3n) is 2.27. The van der Waals surface area contributed by atoms with Crippen LogP contribution in [0.1, 0.15) is 18.5 Å². The number of ketones is 1. The molecule has 0 radical (unpaired) electrons. The molecule has 5 heteroatoms. The summed E-state index contributed by atoms with van der Waals surface area (Å²) in [4.78, 5) is 11.3. The first-order valence-corrected chi connectivity index (χ1v) is 6.92. The molecule has 0 aliphatic carbocycles. The monoisotopic (exact) mass is 253 g/mol. The van der Waals surface area contributed by atoms with Crippen LogP contribution in [-0.4, -0.2) is 20.5 Å². The van der Waals surface area contributed by atoms with E-state index in [-0.39, 0.29) is 11.4 Å². The van der Waals surface area contributed by atoms with Crippen LogP contribution in [0.15, 0.2) is 42.5 Å². The van der Waals surface area contributed by atoms with E-state index in [0.717, 1.165) is 6.26 Å². The average molecular weight is 253 g/mol. The van der Waals surface area contributed by atoms with Gasteiger partial charge in [-0.3, -0.25) is 4.79 Å². The predicted molar refractivity (Wildman–Crippen MR) is 67.0 cm³/mol. The van der Waals surface area contributed by atoms with Crippen LogP contribution in [0.25, 0.3) is 0 Å². The maximum Gasteiger partial charge on any atom is 0.209 e. The first-order valence-electron chi connectivity index (χ1n) is 5.03. The fourth-order valence-corrected chi connectivity index (χ4v) is 2.11. The predicted octanol–water partition coefficient (Wildman–Crippen LogP) is 1.42. The molecule has 0 aliphatic rings. The highest BCUT2D eigenvalue weighted by Gasteiger charge is 2.21. The molecule has 0 bridgehead atoms. The normalized spacial score (nSPS) is 13.1. The van der Waals surface area contributed by atoms with Gasteiger partial charge in [0.1, 0.15) is 0 Å². The quantitative estimate of drug-likeness (QED) is 0.807. The zero-order valence-electron chi connectivity index (χ0n) is 9.80. The van der Waals surface area contributed by atoms with Crippen molar-refractivity contribution in [1.82, 2.24) is 4.72 Å². The number of Topliss-reactive ketones (excluding diaryl/α,β-unsaturated/α-hetero) is 1. The van der Waals surface area contributed by atoms with Crippen molar-refractivity contribution in [2.75, 3.05) is 6.26 Å². The van der Waals surface area contributed by atoms with E-state index in [1.165, 1.54) is 6.92 Å². The van der Waals surface area contributed by atoms with Crippen LogP contribution < -0.4 is 4.72 Å². The first kappa shape index (κ1) is 13.6. The molecule has 1 atom stereocenters. The largest absolute Gasteiger partial charge is 0.295 e. The minimum Gasteiger partial charge on any atom is -0.295 e. The Hall–Kier alpha value is -1.46. The molecule has 0 spiro atoms. The summed E-state index contributed by atoms with van der Waals surface area (Å²) in [7, 11) is -3.41. The molecule has 17 heavy (non-hydrogen) atoms. The van der Waals surface area contributed by atoms with Crippen LogP contribution in [-0.2, 0) is 14.8 Å². The maximum absolute atomic E-state index is 11.3. The average Bonchev–Trinajstić information content (AvgIpc) is 2.25. The van der Waals surface area contributed by atoms with Gasteiger partial charge in [-0.05, 0) is 12.5 Å². The van der Waals surface area contributed by atoms with E-state index in [1.54, 1.807) is 24.3 Å². The molecule has 1 aromatic carbocycles. The van der Waals surface area contributed by atoms with Gasteiger partial charge in [0.25, 0.3) is 0 Å². The van der Waals surface area contributed by atoms with Crippen LogP contribution >= 0.6 is 0 Å². The Kier molecular flexibility index (Phi) is 4.20. The number of carbonyl (C=O) groups is 1. The van der Waals surface area contributed by atoms with Crippen molar-refractivity contribution in [2.24, 2.45) is 0 Å². The molecule has 0 saturated heterocycles. The topological polar surface area (TPSA) is 63.2 Å². The smallest absolute Gasteiger partial charge is 0.209 e. The van der Waals surface area contributed by atoms with E-state index in [0.29, 0.717) is 5.56 Å². The van der Waals surface area contributed by atoms with E-state index in [9.17, 15) is 13.2 Å². The molecule has 0 aromatic heterocycles. The van der Waals surface area contributed by atoms with Gasteiger partial charge in [0.2, 0.25) is 10.0 Å². The lowest BCUT2D eigenvalue weighted by Crippen LogP contribution is -2.30. The molecule has 0 aliphatic heterocycles. The van der Waals surface area contributed by atoms with Crippen LogP contribution in [0.5, 0.6) is 0 Å². The highest BCUT2D eigenvalue weighted by Crippen LogP contribution is 2.21. The lowest BCUT2D eigenvalue weighted by Gasteiger charge is -2.18. The summed E-state index contributed by atoms with van der Waals surface area (Å²) in [6.07, 6.45) is 1.05. The van der Waals surface area contributed by atoms with Crippen LogP contribution in [0.2, 0.25) is 0 Å². The summed E-state index contributed by atoms with van der Waals surface area (Å²) in [5.74, 6) is -0.241. The summed E-state index contributed by atoms with van der Waals surface area (Å²) >= 11 is 0. The third kappa shape index (κ3) is 4.13. The maximum atomic E-state index is 11.3. The van der Waals surface area contributed by atoms with Gasteiger partial charge < -0.3 is 0 Å². The standard InChI is InChI=1S/C12H15NO3S/c1-9(10(2)14)12(13-17(3,15)16)11-7-5-4-6-8-11/h4-8,12-13H,1H2,2-3H3/t12-/m1/s1. The molecule has 1 rings (SSSR count).